The van der Waals surface area contributed by atoms with E-state index in [1.54, 1.807) is 0 Å². The Kier molecular flexibility index (Phi) is 4.02. The topological polar surface area (TPSA) is 24.1 Å². The summed E-state index contributed by atoms with van der Waals surface area (Å²) in [6.07, 6.45) is 3.72. The van der Waals surface area contributed by atoms with Gasteiger partial charge in [-0.05, 0) is 12.1 Å². The summed E-state index contributed by atoms with van der Waals surface area (Å²) in [7, 11) is 0. The van der Waals surface area contributed by atoms with Gasteiger partial charge in [-0.1, -0.05) is 36.4 Å². The van der Waals surface area contributed by atoms with E-state index in [0.29, 0.717) is 0 Å². The molecule has 0 amide bonds. The molecule has 2 aromatic rings. The van der Waals surface area contributed by atoms with Gasteiger partial charge < -0.3 is 10.6 Å². The fourth-order valence-corrected chi connectivity index (χ4v) is 1.98. The second kappa shape index (κ2) is 5.92. The van der Waals surface area contributed by atoms with E-state index in [9.17, 15) is 0 Å². The SMILES string of the molecule is C=CCNc1cccc2c(NCC=C)cccc12. The highest BCUT2D eigenvalue weighted by atomic mass is 14.9. The molecule has 2 N–H and O–H groups in total. The smallest absolute Gasteiger partial charge is 0.0423 e. The molecule has 0 aromatic heterocycles. The van der Waals surface area contributed by atoms with Crippen LogP contribution in [0, 0.1) is 0 Å². The minimum absolute atomic E-state index is 0.767. The van der Waals surface area contributed by atoms with Crippen LogP contribution in [0.15, 0.2) is 61.7 Å². The van der Waals surface area contributed by atoms with Gasteiger partial charge in [0.25, 0.3) is 0 Å². The molecule has 0 aliphatic carbocycles. The van der Waals surface area contributed by atoms with Crippen LogP contribution in [-0.2, 0) is 0 Å². The molecule has 2 nitrogen and oxygen atoms in total. The van der Waals surface area contributed by atoms with Crippen molar-refractivity contribution in [2.24, 2.45) is 0 Å². The summed E-state index contributed by atoms with van der Waals surface area (Å²) in [6, 6.07) is 12.5. The first-order chi connectivity index (χ1) is 8.86. The summed E-state index contributed by atoms with van der Waals surface area (Å²) in [4.78, 5) is 0. The van der Waals surface area contributed by atoms with Crippen LogP contribution < -0.4 is 10.6 Å². The molecule has 0 bridgehead atoms. The summed E-state index contributed by atoms with van der Waals surface area (Å²) in [5, 5.41) is 9.14. The van der Waals surface area contributed by atoms with Gasteiger partial charge in [0.15, 0.2) is 0 Å². The first-order valence-corrected chi connectivity index (χ1v) is 6.08. The molecule has 2 rings (SSSR count). The Morgan fingerprint density at radius 3 is 1.61 bits per heavy atom. The van der Waals surface area contributed by atoms with Crippen molar-refractivity contribution < 1.29 is 0 Å². The lowest BCUT2D eigenvalue weighted by Gasteiger charge is -2.12. The number of fused-ring (bicyclic) bond motifs is 1. The molecular formula is C16H18N2. The predicted molar refractivity (Wildman–Crippen MR) is 81.3 cm³/mol. The largest absolute Gasteiger partial charge is 0.381 e. The molecule has 0 radical (unpaired) electrons. The lowest BCUT2D eigenvalue weighted by Crippen LogP contribution is -2.01. The van der Waals surface area contributed by atoms with Gasteiger partial charge in [0.1, 0.15) is 0 Å². The van der Waals surface area contributed by atoms with Gasteiger partial charge >= 0.3 is 0 Å². The van der Waals surface area contributed by atoms with Crippen LogP contribution in [0.2, 0.25) is 0 Å². The number of anilines is 2. The molecule has 0 fully saturated rings. The second-order valence-electron chi connectivity index (χ2n) is 4.05. The van der Waals surface area contributed by atoms with Crippen molar-refractivity contribution in [1.29, 1.82) is 0 Å². The highest BCUT2D eigenvalue weighted by Crippen LogP contribution is 2.29. The van der Waals surface area contributed by atoms with Crippen molar-refractivity contribution >= 4 is 22.1 Å². The van der Waals surface area contributed by atoms with Gasteiger partial charge in [-0.2, -0.15) is 0 Å². The van der Waals surface area contributed by atoms with Gasteiger partial charge in [0, 0.05) is 35.2 Å². The van der Waals surface area contributed by atoms with Crippen molar-refractivity contribution in [3.05, 3.63) is 61.7 Å². The standard InChI is InChI=1S/C16H18N2/c1-3-11-17-15-9-5-8-14-13(15)7-6-10-16(14)18-12-4-2/h3-10,17-18H,1-2,11-12H2. The van der Waals surface area contributed by atoms with Crippen LogP contribution in [-0.4, -0.2) is 13.1 Å². The minimum atomic E-state index is 0.767. The van der Waals surface area contributed by atoms with Gasteiger partial charge in [-0.3, -0.25) is 0 Å². The lowest BCUT2D eigenvalue weighted by molar-refractivity contribution is 1.34. The average molecular weight is 238 g/mol. The molecule has 0 aliphatic rings. The number of hydrogen-bond acceptors (Lipinski definition) is 2. The van der Waals surface area contributed by atoms with E-state index in [-0.39, 0.29) is 0 Å². The molecule has 0 saturated carbocycles. The van der Waals surface area contributed by atoms with E-state index < -0.39 is 0 Å². The zero-order chi connectivity index (χ0) is 12.8. The van der Waals surface area contributed by atoms with Crippen LogP contribution in [0.3, 0.4) is 0 Å². The molecule has 0 atom stereocenters. The molecule has 0 spiro atoms. The van der Waals surface area contributed by atoms with E-state index >= 15 is 0 Å². The molecule has 0 heterocycles. The van der Waals surface area contributed by atoms with Crippen molar-refractivity contribution in [3.8, 4) is 0 Å². The highest BCUT2D eigenvalue weighted by molar-refractivity contribution is 6.01. The van der Waals surface area contributed by atoms with Crippen LogP contribution in [0.1, 0.15) is 0 Å². The average Bonchev–Trinajstić information content (AvgIpc) is 2.42. The fraction of sp³-hybridized carbons (Fsp3) is 0.125. The fourth-order valence-electron chi connectivity index (χ4n) is 1.98. The van der Waals surface area contributed by atoms with Crippen LogP contribution in [0.5, 0.6) is 0 Å². The maximum absolute atomic E-state index is 3.73. The third-order valence-electron chi connectivity index (χ3n) is 2.80. The van der Waals surface area contributed by atoms with E-state index in [1.807, 2.05) is 12.2 Å². The minimum Gasteiger partial charge on any atom is -0.381 e. The third-order valence-corrected chi connectivity index (χ3v) is 2.80. The van der Waals surface area contributed by atoms with E-state index in [0.717, 1.165) is 24.5 Å². The molecular weight excluding hydrogens is 220 g/mol. The maximum atomic E-state index is 3.73. The molecule has 2 aromatic carbocycles. The number of rotatable bonds is 6. The van der Waals surface area contributed by atoms with Gasteiger partial charge in [0.05, 0.1) is 0 Å². The summed E-state index contributed by atoms with van der Waals surface area (Å²) >= 11 is 0. The Morgan fingerprint density at radius 1 is 0.778 bits per heavy atom. The van der Waals surface area contributed by atoms with Gasteiger partial charge in [-0.25, -0.2) is 0 Å². The maximum Gasteiger partial charge on any atom is 0.0423 e. The summed E-state index contributed by atoms with van der Waals surface area (Å²) < 4.78 is 0. The Bertz CT molecular complexity index is 507. The first kappa shape index (κ1) is 12.2. The zero-order valence-electron chi connectivity index (χ0n) is 10.4. The highest BCUT2D eigenvalue weighted by Gasteiger charge is 2.03. The van der Waals surface area contributed by atoms with Crippen molar-refractivity contribution in [3.63, 3.8) is 0 Å². The Morgan fingerprint density at radius 2 is 1.22 bits per heavy atom. The third kappa shape index (κ3) is 2.54. The number of hydrogen-bond donors (Lipinski definition) is 2. The summed E-state index contributed by atoms with van der Waals surface area (Å²) in [5.74, 6) is 0. The van der Waals surface area contributed by atoms with E-state index in [1.165, 1.54) is 10.8 Å². The van der Waals surface area contributed by atoms with Crippen LogP contribution in [0.25, 0.3) is 10.8 Å². The predicted octanol–water partition coefficient (Wildman–Crippen LogP) is 4.04. The van der Waals surface area contributed by atoms with E-state index in [4.69, 9.17) is 0 Å². The first-order valence-electron chi connectivity index (χ1n) is 6.08. The van der Waals surface area contributed by atoms with Crippen molar-refractivity contribution in [1.82, 2.24) is 0 Å². The number of benzene rings is 2. The second-order valence-corrected chi connectivity index (χ2v) is 4.05. The monoisotopic (exact) mass is 238 g/mol. The molecule has 92 valence electrons. The Labute approximate surface area is 108 Å². The van der Waals surface area contributed by atoms with E-state index in [2.05, 4.69) is 60.2 Å². The molecule has 0 saturated heterocycles. The van der Waals surface area contributed by atoms with Gasteiger partial charge in [-0.15, -0.1) is 13.2 Å². The quantitative estimate of drug-likeness (QED) is 0.742. The Balaban J connectivity index is 2.43. The zero-order valence-corrected chi connectivity index (χ0v) is 10.4. The van der Waals surface area contributed by atoms with Crippen LogP contribution >= 0.6 is 0 Å². The molecule has 2 heteroatoms. The molecule has 0 unspecified atom stereocenters. The summed E-state index contributed by atoms with van der Waals surface area (Å²) in [5.41, 5.74) is 2.27. The molecule has 0 aliphatic heterocycles. The Hall–Kier alpha value is -2.22. The summed E-state index contributed by atoms with van der Waals surface area (Å²) in [6.45, 7) is 8.99. The van der Waals surface area contributed by atoms with Crippen molar-refractivity contribution in [2.75, 3.05) is 23.7 Å². The van der Waals surface area contributed by atoms with Crippen molar-refractivity contribution in [2.45, 2.75) is 0 Å². The van der Waals surface area contributed by atoms with Gasteiger partial charge in [0.2, 0.25) is 0 Å². The molecule has 18 heavy (non-hydrogen) atoms. The van der Waals surface area contributed by atoms with Crippen LogP contribution in [0.4, 0.5) is 11.4 Å². The number of nitrogens with one attached hydrogen (secondary N) is 2. The normalized spacial score (nSPS) is 10.0. The lowest BCUT2D eigenvalue weighted by atomic mass is 10.1.